The van der Waals surface area contributed by atoms with Gasteiger partial charge in [0.05, 0.1) is 5.92 Å². The van der Waals surface area contributed by atoms with Crippen molar-refractivity contribution in [3.8, 4) is 0 Å². The van der Waals surface area contributed by atoms with E-state index in [4.69, 9.17) is 0 Å². The Labute approximate surface area is 123 Å². The second kappa shape index (κ2) is 5.33. The van der Waals surface area contributed by atoms with E-state index in [2.05, 4.69) is 41.9 Å². The average Bonchev–Trinajstić information content (AvgIpc) is 2.78. The van der Waals surface area contributed by atoms with Crippen LogP contribution in [0.3, 0.4) is 0 Å². The summed E-state index contributed by atoms with van der Waals surface area (Å²) < 4.78 is 0. The predicted molar refractivity (Wildman–Crippen MR) is 84.5 cm³/mol. The van der Waals surface area contributed by atoms with Gasteiger partial charge in [-0.05, 0) is 48.4 Å². The molecule has 1 aliphatic heterocycles. The Morgan fingerprint density at radius 3 is 2.60 bits per heavy atom. The molecule has 0 radical (unpaired) electrons. The number of rotatable bonds is 3. The van der Waals surface area contributed by atoms with Gasteiger partial charge in [0.15, 0.2) is 0 Å². The zero-order chi connectivity index (χ0) is 14.1. The third-order valence-electron chi connectivity index (χ3n) is 3.84. The van der Waals surface area contributed by atoms with Crippen molar-refractivity contribution in [2.45, 2.75) is 24.2 Å². The lowest BCUT2D eigenvalue weighted by atomic mass is 9.92. The number of para-hydroxylation sites is 1. The summed E-state index contributed by atoms with van der Waals surface area (Å²) in [5.41, 5.74) is 4.47. The van der Waals surface area contributed by atoms with Gasteiger partial charge in [0.1, 0.15) is 0 Å². The van der Waals surface area contributed by atoms with Crippen molar-refractivity contribution < 1.29 is 4.79 Å². The van der Waals surface area contributed by atoms with Crippen LogP contribution in [0.4, 0.5) is 5.69 Å². The lowest BCUT2D eigenvalue weighted by Gasteiger charge is -2.09. The highest BCUT2D eigenvalue weighted by molar-refractivity contribution is 7.98. The Kier molecular flexibility index (Phi) is 3.53. The van der Waals surface area contributed by atoms with E-state index < -0.39 is 0 Å². The molecule has 0 aromatic heterocycles. The standard InChI is InChI=1S/C17H17NOS/c1-11-4-3-5-14-15(17(19)18-16(11)14)10-12-6-8-13(20-2)9-7-12/h3-9,15H,10H2,1-2H3,(H,18,19). The summed E-state index contributed by atoms with van der Waals surface area (Å²) in [7, 11) is 0. The fourth-order valence-electron chi connectivity index (χ4n) is 2.70. The molecule has 0 saturated carbocycles. The van der Waals surface area contributed by atoms with E-state index in [1.807, 2.05) is 19.1 Å². The molecule has 1 N–H and O–H groups in total. The molecule has 2 nitrogen and oxygen atoms in total. The highest BCUT2D eigenvalue weighted by Crippen LogP contribution is 2.36. The quantitative estimate of drug-likeness (QED) is 0.863. The second-order valence-electron chi connectivity index (χ2n) is 5.13. The Morgan fingerprint density at radius 2 is 1.90 bits per heavy atom. The third kappa shape index (κ3) is 2.34. The molecule has 0 aliphatic carbocycles. The molecule has 1 aliphatic rings. The van der Waals surface area contributed by atoms with Crippen molar-refractivity contribution in [1.29, 1.82) is 0 Å². The number of anilines is 1. The molecule has 0 bridgehead atoms. The molecule has 2 aromatic rings. The molecule has 3 rings (SSSR count). The van der Waals surface area contributed by atoms with Crippen LogP contribution in [0.15, 0.2) is 47.4 Å². The van der Waals surface area contributed by atoms with Crippen LogP contribution in [0.25, 0.3) is 0 Å². The Bertz CT molecular complexity index is 649. The normalized spacial score (nSPS) is 16.9. The van der Waals surface area contributed by atoms with Crippen molar-refractivity contribution in [2.24, 2.45) is 0 Å². The summed E-state index contributed by atoms with van der Waals surface area (Å²) in [6, 6.07) is 14.6. The van der Waals surface area contributed by atoms with E-state index in [9.17, 15) is 4.79 Å². The van der Waals surface area contributed by atoms with Crippen LogP contribution in [0.5, 0.6) is 0 Å². The van der Waals surface area contributed by atoms with Gasteiger partial charge in [-0.3, -0.25) is 4.79 Å². The van der Waals surface area contributed by atoms with Crippen LogP contribution in [0.1, 0.15) is 22.6 Å². The molecule has 0 fully saturated rings. The first-order valence-electron chi connectivity index (χ1n) is 6.72. The smallest absolute Gasteiger partial charge is 0.232 e. The van der Waals surface area contributed by atoms with E-state index in [0.29, 0.717) is 0 Å². The van der Waals surface area contributed by atoms with Crippen molar-refractivity contribution in [3.05, 3.63) is 59.2 Å². The SMILES string of the molecule is CSc1ccc(CC2C(=O)Nc3c(C)cccc32)cc1. The van der Waals surface area contributed by atoms with E-state index in [-0.39, 0.29) is 11.8 Å². The van der Waals surface area contributed by atoms with Crippen molar-refractivity contribution in [2.75, 3.05) is 11.6 Å². The summed E-state index contributed by atoms with van der Waals surface area (Å²) in [4.78, 5) is 13.4. The number of fused-ring (bicyclic) bond motifs is 1. The van der Waals surface area contributed by atoms with E-state index in [1.54, 1.807) is 11.8 Å². The molecule has 3 heteroatoms. The summed E-state index contributed by atoms with van der Waals surface area (Å²) in [5, 5.41) is 3.02. The minimum absolute atomic E-state index is 0.0648. The van der Waals surface area contributed by atoms with Crippen LogP contribution >= 0.6 is 11.8 Å². The number of aryl methyl sites for hydroxylation is 1. The van der Waals surface area contributed by atoms with E-state index in [1.165, 1.54) is 10.5 Å². The van der Waals surface area contributed by atoms with Crippen LogP contribution in [-0.2, 0) is 11.2 Å². The number of carbonyl (C=O) groups is 1. The van der Waals surface area contributed by atoms with Gasteiger partial charge in [-0.2, -0.15) is 0 Å². The summed E-state index contributed by atoms with van der Waals surface area (Å²) in [6.45, 7) is 2.04. The maximum atomic E-state index is 12.2. The second-order valence-corrected chi connectivity index (χ2v) is 6.01. The molecule has 2 aromatic carbocycles. The molecule has 0 saturated heterocycles. The number of hydrogen-bond donors (Lipinski definition) is 1. The zero-order valence-electron chi connectivity index (χ0n) is 11.6. The van der Waals surface area contributed by atoms with Crippen LogP contribution in [-0.4, -0.2) is 12.2 Å². The number of benzene rings is 2. The summed E-state index contributed by atoms with van der Waals surface area (Å²) in [5.74, 6) is 0.0493. The van der Waals surface area contributed by atoms with Crippen molar-refractivity contribution in [1.82, 2.24) is 0 Å². The number of nitrogens with one attached hydrogen (secondary N) is 1. The number of carbonyl (C=O) groups excluding carboxylic acids is 1. The highest BCUT2D eigenvalue weighted by atomic mass is 32.2. The van der Waals surface area contributed by atoms with Gasteiger partial charge in [0.2, 0.25) is 5.91 Å². The first-order chi connectivity index (χ1) is 9.69. The highest BCUT2D eigenvalue weighted by Gasteiger charge is 2.31. The number of hydrogen-bond acceptors (Lipinski definition) is 2. The third-order valence-corrected chi connectivity index (χ3v) is 4.59. The molecule has 0 spiro atoms. The Balaban J connectivity index is 1.88. The molecule has 20 heavy (non-hydrogen) atoms. The minimum atomic E-state index is -0.0648. The van der Waals surface area contributed by atoms with Gasteiger partial charge in [-0.25, -0.2) is 0 Å². The average molecular weight is 283 g/mol. The van der Waals surface area contributed by atoms with Crippen molar-refractivity contribution >= 4 is 23.4 Å². The Hall–Kier alpha value is -1.74. The van der Waals surface area contributed by atoms with Crippen LogP contribution in [0, 0.1) is 6.92 Å². The monoisotopic (exact) mass is 283 g/mol. The molecule has 1 unspecified atom stereocenters. The van der Waals surface area contributed by atoms with E-state index >= 15 is 0 Å². The van der Waals surface area contributed by atoms with E-state index in [0.717, 1.165) is 23.2 Å². The summed E-state index contributed by atoms with van der Waals surface area (Å²) >= 11 is 1.73. The van der Waals surface area contributed by atoms with Gasteiger partial charge in [0.25, 0.3) is 0 Å². The largest absolute Gasteiger partial charge is 0.325 e. The van der Waals surface area contributed by atoms with Crippen LogP contribution in [0.2, 0.25) is 0 Å². The molecule has 1 atom stereocenters. The van der Waals surface area contributed by atoms with Gasteiger partial charge in [0, 0.05) is 10.6 Å². The Morgan fingerprint density at radius 1 is 1.15 bits per heavy atom. The molecular weight excluding hydrogens is 266 g/mol. The van der Waals surface area contributed by atoms with Crippen LogP contribution < -0.4 is 5.32 Å². The number of amides is 1. The lowest BCUT2D eigenvalue weighted by Crippen LogP contribution is -2.14. The van der Waals surface area contributed by atoms with Gasteiger partial charge in [-0.1, -0.05) is 30.3 Å². The molecule has 1 amide bonds. The first kappa shape index (κ1) is 13.3. The number of thioether (sulfide) groups is 1. The van der Waals surface area contributed by atoms with Crippen molar-refractivity contribution in [3.63, 3.8) is 0 Å². The lowest BCUT2D eigenvalue weighted by molar-refractivity contribution is -0.117. The van der Waals surface area contributed by atoms with Gasteiger partial charge in [-0.15, -0.1) is 11.8 Å². The maximum Gasteiger partial charge on any atom is 0.232 e. The topological polar surface area (TPSA) is 29.1 Å². The fourth-order valence-corrected chi connectivity index (χ4v) is 3.11. The zero-order valence-corrected chi connectivity index (χ0v) is 12.5. The molecule has 1 heterocycles. The molecule has 102 valence electrons. The van der Waals surface area contributed by atoms with Gasteiger partial charge >= 0.3 is 0 Å². The predicted octanol–water partition coefficient (Wildman–Crippen LogP) is 4.00. The maximum absolute atomic E-state index is 12.2. The molecular formula is C17H17NOS. The first-order valence-corrected chi connectivity index (χ1v) is 7.95. The summed E-state index contributed by atoms with van der Waals surface area (Å²) in [6.07, 6.45) is 2.83. The minimum Gasteiger partial charge on any atom is -0.325 e. The van der Waals surface area contributed by atoms with Gasteiger partial charge < -0.3 is 5.32 Å². The fraction of sp³-hybridized carbons (Fsp3) is 0.235.